The molecule has 0 saturated heterocycles. The molecular formula is C17H18O5. The molecule has 0 aromatic heterocycles. The standard InChI is InChI=1S/C17H18O5/c1-11(18)21-10-17(22-12(2)19)15-5-4-14-9-16(20-3)7-6-13(14)8-15/h4-9,17H,10H2,1-3H3/t17-/m0/s1. The lowest BCUT2D eigenvalue weighted by molar-refractivity contribution is -0.156. The van der Waals surface area contributed by atoms with Crippen LogP contribution in [0.15, 0.2) is 36.4 Å². The van der Waals surface area contributed by atoms with Gasteiger partial charge in [-0.25, -0.2) is 0 Å². The summed E-state index contributed by atoms with van der Waals surface area (Å²) in [6, 6.07) is 11.4. The van der Waals surface area contributed by atoms with Gasteiger partial charge in [-0.3, -0.25) is 9.59 Å². The number of carbonyl (C=O) groups is 2. The molecule has 0 unspecified atom stereocenters. The predicted molar refractivity (Wildman–Crippen MR) is 81.6 cm³/mol. The first-order valence-corrected chi connectivity index (χ1v) is 6.88. The molecule has 0 aliphatic rings. The van der Waals surface area contributed by atoms with Crippen LogP contribution in [0.5, 0.6) is 5.75 Å². The highest BCUT2D eigenvalue weighted by Crippen LogP contribution is 2.26. The maximum atomic E-state index is 11.2. The van der Waals surface area contributed by atoms with E-state index in [9.17, 15) is 9.59 Å². The van der Waals surface area contributed by atoms with Crippen LogP contribution in [0.1, 0.15) is 25.5 Å². The summed E-state index contributed by atoms with van der Waals surface area (Å²) in [5, 5.41) is 2.00. The summed E-state index contributed by atoms with van der Waals surface area (Å²) < 4.78 is 15.4. The van der Waals surface area contributed by atoms with Crippen molar-refractivity contribution in [3.05, 3.63) is 42.0 Å². The van der Waals surface area contributed by atoms with Gasteiger partial charge in [0.05, 0.1) is 7.11 Å². The normalized spacial score (nSPS) is 11.8. The van der Waals surface area contributed by atoms with Gasteiger partial charge in [-0.05, 0) is 34.5 Å². The van der Waals surface area contributed by atoms with Crippen molar-refractivity contribution in [1.29, 1.82) is 0 Å². The van der Waals surface area contributed by atoms with Crippen molar-refractivity contribution in [1.82, 2.24) is 0 Å². The van der Waals surface area contributed by atoms with Crippen LogP contribution in [0, 0.1) is 0 Å². The SMILES string of the molecule is COc1ccc2cc([C@H](COC(C)=O)OC(C)=O)ccc2c1. The minimum absolute atomic E-state index is 0.00340. The largest absolute Gasteiger partial charge is 0.497 e. The molecule has 0 aliphatic heterocycles. The maximum absolute atomic E-state index is 11.2. The quantitative estimate of drug-likeness (QED) is 0.794. The molecule has 0 heterocycles. The monoisotopic (exact) mass is 302 g/mol. The number of ether oxygens (including phenoxy) is 3. The topological polar surface area (TPSA) is 61.8 Å². The zero-order chi connectivity index (χ0) is 16.1. The Balaban J connectivity index is 2.31. The second kappa shape index (κ2) is 6.93. The molecule has 0 aliphatic carbocycles. The highest BCUT2D eigenvalue weighted by atomic mass is 16.6. The van der Waals surface area contributed by atoms with Crippen LogP contribution >= 0.6 is 0 Å². The smallest absolute Gasteiger partial charge is 0.303 e. The third-order valence-electron chi connectivity index (χ3n) is 3.19. The lowest BCUT2D eigenvalue weighted by atomic mass is 10.0. The van der Waals surface area contributed by atoms with Crippen molar-refractivity contribution >= 4 is 22.7 Å². The number of fused-ring (bicyclic) bond motifs is 1. The molecule has 22 heavy (non-hydrogen) atoms. The van der Waals surface area contributed by atoms with Gasteiger partial charge in [0.2, 0.25) is 0 Å². The number of hydrogen-bond acceptors (Lipinski definition) is 5. The fraction of sp³-hybridized carbons (Fsp3) is 0.294. The highest BCUT2D eigenvalue weighted by molar-refractivity contribution is 5.84. The number of hydrogen-bond donors (Lipinski definition) is 0. The van der Waals surface area contributed by atoms with Crippen molar-refractivity contribution in [2.24, 2.45) is 0 Å². The van der Waals surface area contributed by atoms with Crippen molar-refractivity contribution in [2.45, 2.75) is 20.0 Å². The molecule has 0 amide bonds. The van der Waals surface area contributed by atoms with Crippen LogP contribution in [0.2, 0.25) is 0 Å². The molecule has 0 spiro atoms. The molecule has 2 aromatic rings. The molecule has 0 fully saturated rings. The minimum Gasteiger partial charge on any atom is -0.497 e. The summed E-state index contributed by atoms with van der Waals surface area (Å²) in [4.78, 5) is 22.2. The Hall–Kier alpha value is -2.56. The summed E-state index contributed by atoms with van der Waals surface area (Å²) in [5.41, 5.74) is 0.772. The van der Waals surface area contributed by atoms with Crippen LogP contribution in [0.3, 0.4) is 0 Å². The van der Waals surface area contributed by atoms with Crippen molar-refractivity contribution in [3.8, 4) is 5.75 Å². The second-order valence-corrected chi connectivity index (χ2v) is 4.87. The third kappa shape index (κ3) is 3.97. The lowest BCUT2D eigenvalue weighted by Crippen LogP contribution is -2.16. The van der Waals surface area contributed by atoms with E-state index >= 15 is 0 Å². The van der Waals surface area contributed by atoms with Crippen molar-refractivity contribution in [3.63, 3.8) is 0 Å². The average Bonchev–Trinajstić information content (AvgIpc) is 2.49. The molecule has 0 N–H and O–H groups in total. The van der Waals surface area contributed by atoms with Crippen LogP contribution in [0.4, 0.5) is 0 Å². The summed E-state index contributed by atoms with van der Waals surface area (Å²) >= 11 is 0. The van der Waals surface area contributed by atoms with Gasteiger partial charge in [-0.2, -0.15) is 0 Å². The highest BCUT2D eigenvalue weighted by Gasteiger charge is 2.17. The predicted octanol–water partition coefficient (Wildman–Crippen LogP) is 3.02. The van der Waals surface area contributed by atoms with E-state index in [4.69, 9.17) is 14.2 Å². The van der Waals surface area contributed by atoms with Crippen molar-refractivity contribution < 1.29 is 23.8 Å². The Labute approximate surface area is 128 Å². The Morgan fingerprint density at radius 1 is 1.00 bits per heavy atom. The summed E-state index contributed by atoms with van der Waals surface area (Å²) in [6.07, 6.45) is -0.618. The van der Waals surface area contributed by atoms with Gasteiger partial charge in [-0.1, -0.05) is 18.2 Å². The third-order valence-corrected chi connectivity index (χ3v) is 3.19. The molecule has 2 rings (SSSR count). The van der Waals surface area contributed by atoms with Gasteiger partial charge in [0, 0.05) is 13.8 Å². The molecule has 5 heteroatoms. The van der Waals surface area contributed by atoms with E-state index in [0.717, 1.165) is 22.1 Å². The van der Waals surface area contributed by atoms with E-state index in [1.54, 1.807) is 7.11 Å². The van der Waals surface area contributed by atoms with Gasteiger partial charge in [-0.15, -0.1) is 0 Å². The molecule has 116 valence electrons. The molecule has 1 atom stereocenters. The molecule has 0 bridgehead atoms. The van der Waals surface area contributed by atoms with Crippen LogP contribution < -0.4 is 4.74 Å². The van der Waals surface area contributed by atoms with E-state index in [2.05, 4.69) is 0 Å². The zero-order valence-corrected chi connectivity index (χ0v) is 12.8. The van der Waals surface area contributed by atoms with Gasteiger partial charge < -0.3 is 14.2 Å². The summed E-state index contributed by atoms with van der Waals surface area (Å²) in [7, 11) is 1.62. The minimum atomic E-state index is -0.618. The summed E-state index contributed by atoms with van der Waals surface area (Å²) in [6.45, 7) is 2.64. The van der Waals surface area contributed by atoms with Gasteiger partial charge in [0.1, 0.15) is 12.4 Å². The van der Waals surface area contributed by atoms with Crippen LogP contribution in [-0.4, -0.2) is 25.7 Å². The fourth-order valence-corrected chi connectivity index (χ4v) is 2.16. The summed E-state index contributed by atoms with van der Waals surface area (Å²) in [5.74, 6) is -0.0636. The second-order valence-electron chi connectivity index (χ2n) is 4.87. The Morgan fingerprint density at radius 3 is 2.32 bits per heavy atom. The molecule has 2 aromatic carbocycles. The first kappa shape index (κ1) is 15.8. The van der Waals surface area contributed by atoms with E-state index in [-0.39, 0.29) is 6.61 Å². The number of rotatable bonds is 5. The first-order valence-electron chi connectivity index (χ1n) is 6.88. The number of esters is 2. The Morgan fingerprint density at radius 2 is 1.68 bits per heavy atom. The fourth-order valence-electron chi connectivity index (χ4n) is 2.16. The van der Waals surface area contributed by atoms with Crippen LogP contribution in [-0.2, 0) is 19.1 Å². The first-order chi connectivity index (χ1) is 10.5. The molecular weight excluding hydrogens is 284 g/mol. The van der Waals surface area contributed by atoms with Gasteiger partial charge in [0.15, 0.2) is 6.10 Å². The Kier molecular flexibility index (Phi) is 4.99. The number of benzene rings is 2. The molecule has 0 saturated carbocycles. The lowest BCUT2D eigenvalue weighted by Gasteiger charge is -2.17. The number of carbonyl (C=O) groups excluding carboxylic acids is 2. The average molecular weight is 302 g/mol. The zero-order valence-electron chi connectivity index (χ0n) is 12.8. The van der Waals surface area contributed by atoms with E-state index in [1.807, 2.05) is 36.4 Å². The Bertz CT molecular complexity index is 693. The van der Waals surface area contributed by atoms with E-state index < -0.39 is 18.0 Å². The molecule has 5 nitrogen and oxygen atoms in total. The van der Waals surface area contributed by atoms with E-state index in [0.29, 0.717) is 0 Å². The van der Waals surface area contributed by atoms with E-state index in [1.165, 1.54) is 13.8 Å². The van der Waals surface area contributed by atoms with Gasteiger partial charge >= 0.3 is 11.9 Å². The van der Waals surface area contributed by atoms with Gasteiger partial charge in [0.25, 0.3) is 0 Å². The van der Waals surface area contributed by atoms with Crippen LogP contribution in [0.25, 0.3) is 10.8 Å². The van der Waals surface area contributed by atoms with Crippen molar-refractivity contribution in [2.75, 3.05) is 13.7 Å². The number of methoxy groups -OCH3 is 1. The molecule has 0 radical (unpaired) electrons. The maximum Gasteiger partial charge on any atom is 0.303 e.